The standard InChI is InChI=1S/C23H16F3N3O2/c1-14-27-20-8-3-2-7-19(20)22(31)29(14)18-11-9-15(10-12-18)21(30)28-17-6-4-5-16(13-17)23(24,25)26/h2-13H,1H3,(H,28,30). The van der Waals surface area contributed by atoms with Crippen molar-refractivity contribution in [1.82, 2.24) is 9.55 Å². The van der Waals surface area contributed by atoms with Crippen LogP contribution in [0.4, 0.5) is 18.9 Å². The van der Waals surface area contributed by atoms with Crippen LogP contribution in [0.25, 0.3) is 16.6 Å². The molecule has 3 aromatic carbocycles. The Labute approximate surface area is 174 Å². The van der Waals surface area contributed by atoms with E-state index in [1.807, 2.05) is 0 Å². The van der Waals surface area contributed by atoms with Gasteiger partial charge in [-0.05, 0) is 61.5 Å². The summed E-state index contributed by atoms with van der Waals surface area (Å²) in [5, 5.41) is 2.93. The summed E-state index contributed by atoms with van der Waals surface area (Å²) in [4.78, 5) is 29.8. The van der Waals surface area contributed by atoms with E-state index in [4.69, 9.17) is 0 Å². The molecule has 0 spiro atoms. The lowest BCUT2D eigenvalue weighted by molar-refractivity contribution is -0.137. The van der Waals surface area contributed by atoms with Crippen LogP contribution >= 0.6 is 0 Å². The molecule has 5 nitrogen and oxygen atoms in total. The number of carbonyl (C=O) groups is 1. The number of para-hydroxylation sites is 1. The summed E-state index contributed by atoms with van der Waals surface area (Å²) in [6, 6.07) is 17.6. The first-order chi connectivity index (χ1) is 14.7. The highest BCUT2D eigenvalue weighted by molar-refractivity contribution is 6.04. The van der Waals surface area contributed by atoms with Crippen LogP contribution in [-0.4, -0.2) is 15.5 Å². The number of halogens is 3. The number of aryl methyl sites for hydroxylation is 1. The number of benzene rings is 3. The minimum Gasteiger partial charge on any atom is -0.322 e. The largest absolute Gasteiger partial charge is 0.416 e. The number of hydrogen-bond donors (Lipinski definition) is 1. The van der Waals surface area contributed by atoms with Crippen molar-refractivity contribution in [3.63, 3.8) is 0 Å². The van der Waals surface area contributed by atoms with E-state index in [1.54, 1.807) is 43.3 Å². The molecule has 8 heteroatoms. The lowest BCUT2D eigenvalue weighted by Crippen LogP contribution is -2.22. The summed E-state index contributed by atoms with van der Waals surface area (Å²) in [6.45, 7) is 1.71. The van der Waals surface area contributed by atoms with Crippen LogP contribution in [0.15, 0.2) is 77.6 Å². The SMILES string of the molecule is Cc1nc2ccccc2c(=O)n1-c1ccc(C(=O)Nc2cccc(C(F)(F)F)c2)cc1. The number of aromatic nitrogens is 2. The molecule has 31 heavy (non-hydrogen) atoms. The number of carbonyl (C=O) groups excluding carboxylic acids is 1. The van der Waals surface area contributed by atoms with E-state index in [-0.39, 0.29) is 16.8 Å². The average molecular weight is 423 g/mol. The van der Waals surface area contributed by atoms with Gasteiger partial charge in [0.25, 0.3) is 11.5 Å². The molecule has 4 aromatic rings. The van der Waals surface area contributed by atoms with E-state index in [0.29, 0.717) is 22.4 Å². The van der Waals surface area contributed by atoms with Crippen LogP contribution in [0.5, 0.6) is 0 Å². The molecule has 0 saturated heterocycles. The Balaban J connectivity index is 1.61. The van der Waals surface area contributed by atoms with Crippen molar-refractivity contribution >= 4 is 22.5 Å². The van der Waals surface area contributed by atoms with Gasteiger partial charge in [-0.1, -0.05) is 18.2 Å². The third-order valence-corrected chi connectivity index (χ3v) is 4.78. The first kappa shape index (κ1) is 20.3. The first-order valence-electron chi connectivity index (χ1n) is 9.31. The first-order valence-corrected chi connectivity index (χ1v) is 9.31. The molecule has 0 fully saturated rings. The molecular formula is C23H16F3N3O2. The van der Waals surface area contributed by atoms with Crippen molar-refractivity contribution < 1.29 is 18.0 Å². The van der Waals surface area contributed by atoms with Gasteiger partial charge < -0.3 is 5.32 Å². The Hall–Kier alpha value is -3.94. The van der Waals surface area contributed by atoms with Crippen molar-refractivity contribution in [3.8, 4) is 5.69 Å². The highest BCUT2D eigenvalue weighted by Gasteiger charge is 2.30. The maximum absolute atomic E-state index is 12.9. The van der Waals surface area contributed by atoms with Gasteiger partial charge in [0.05, 0.1) is 22.2 Å². The Bertz CT molecular complexity index is 1340. The van der Waals surface area contributed by atoms with Gasteiger partial charge >= 0.3 is 6.18 Å². The van der Waals surface area contributed by atoms with Crippen molar-refractivity contribution in [2.24, 2.45) is 0 Å². The van der Waals surface area contributed by atoms with Gasteiger partial charge in [0.15, 0.2) is 0 Å². The van der Waals surface area contributed by atoms with E-state index < -0.39 is 17.6 Å². The topological polar surface area (TPSA) is 64.0 Å². The zero-order valence-electron chi connectivity index (χ0n) is 16.3. The lowest BCUT2D eigenvalue weighted by Gasteiger charge is -2.12. The van der Waals surface area contributed by atoms with E-state index in [1.165, 1.54) is 28.8 Å². The second-order valence-corrected chi connectivity index (χ2v) is 6.90. The lowest BCUT2D eigenvalue weighted by atomic mass is 10.1. The zero-order valence-corrected chi connectivity index (χ0v) is 16.3. The summed E-state index contributed by atoms with van der Waals surface area (Å²) in [5.41, 5.74) is 0.314. The van der Waals surface area contributed by atoms with Crippen molar-refractivity contribution in [1.29, 1.82) is 0 Å². The zero-order chi connectivity index (χ0) is 22.2. The molecule has 1 N–H and O–H groups in total. The smallest absolute Gasteiger partial charge is 0.322 e. The van der Waals surface area contributed by atoms with Gasteiger partial charge in [-0.15, -0.1) is 0 Å². The van der Waals surface area contributed by atoms with Crippen LogP contribution < -0.4 is 10.9 Å². The van der Waals surface area contributed by atoms with E-state index in [0.717, 1.165) is 12.1 Å². The summed E-state index contributed by atoms with van der Waals surface area (Å²) in [5.74, 6) is -0.0727. The Morgan fingerprint density at radius 3 is 2.39 bits per heavy atom. The molecule has 0 aliphatic carbocycles. The normalized spacial score (nSPS) is 11.5. The third kappa shape index (κ3) is 4.05. The molecular weight excluding hydrogens is 407 g/mol. The van der Waals surface area contributed by atoms with Gasteiger partial charge in [0, 0.05) is 11.3 Å². The fourth-order valence-electron chi connectivity index (χ4n) is 3.29. The third-order valence-electron chi connectivity index (χ3n) is 4.78. The van der Waals surface area contributed by atoms with Crippen LogP contribution in [0, 0.1) is 6.92 Å². The highest BCUT2D eigenvalue weighted by Crippen LogP contribution is 2.30. The van der Waals surface area contributed by atoms with Crippen LogP contribution in [0.3, 0.4) is 0 Å². The van der Waals surface area contributed by atoms with Gasteiger partial charge in [-0.3, -0.25) is 14.2 Å². The number of fused-ring (bicyclic) bond motifs is 1. The molecule has 0 radical (unpaired) electrons. The summed E-state index contributed by atoms with van der Waals surface area (Å²) >= 11 is 0. The molecule has 1 amide bonds. The summed E-state index contributed by atoms with van der Waals surface area (Å²) < 4.78 is 40.0. The number of anilines is 1. The highest BCUT2D eigenvalue weighted by atomic mass is 19.4. The second kappa shape index (κ2) is 7.71. The van der Waals surface area contributed by atoms with Crippen LogP contribution in [-0.2, 0) is 6.18 Å². The van der Waals surface area contributed by atoms with Crippen molar-refractivity contribution in [2.45, 2.75) is 13.1 Å². The predicted molar refractivity (Wildman–Crippen MR) is 111 cm³/mol. The monoisotopic (exact) mass is 423 g/mol. The van der Waals surface area contributed by atoms with Gasteiger partial charge in [-0.2, -0.15) is 13.2 Å². The minimum atomic E-state index is -4.50. The molecule has 0 atom stereocenters. The predicted octanol–water partition coefficient (Wildman–Crippen LogP) is 4.97. The number of nitrogens with zero attached hydrogens (tertiary/aromatic N) is 2. The molecule has 4 rings (SSSR count). The number of rotatable bonds is 3. The van der Waals surface area contributed by atoms with E-state index >= 15 is 0 Å². The quantitative estimate of drug-likeness (QED) is 0.506. The number of alkyl halides is 3. The molecule has 1 aromatic heterocycles. The van der Waals surface area contributed by atoms with Crippen molar-refractivity contribution in [2.75, 3.05) is 5.32 Å². The Morgan fingerprint density at radius 2 is 1.68 bits per heavy atom. The van der Waals surface area contributed by atoms with Crippen LogP contribution in [0.1, 0.15) is 21.7 Å². The van der Waals surface area contributed by atoms with E-state index in [2.05, 4.69) is 10.3 Å². The maximum atomic E-state index is 12.9. The Morgan fingerprint density at radius 1 is 0.968 bits per heavy atom. The number of nitrogens with one attached hydrogen (secondary N) is 1. The Kier molecular flexibility index (Phi) is 5.06. The molecule has 0 aliphatic rings. The average Bonchev–Trinajstić information content (AvgIpc) is 2.74. The summed E-state index contributed by atoms with van der Waals surface area (Å²) in [6.07, 6.45) is -4.50. The molecule has 0 unspecified atom stereocenters. The number of hydrogen-bond acceptors (Lipinski definition) is 3. The fraction of sp³-hybridized carbons (Fsp3) is 0.0870. The minimum absolute atomic E-state index is 0.0368. The molecule has 1 heterocycles. The van der Waals surface area contributed by atoms with Gasteiger partial charge in [-0.25, -0.2) is 4.98 Å². The maximum Gasteiger partial charge on any atom is 0.416 e. The molecule has 0 saturated carbocycles. The van der Waals surface area contributed by atoms with Crippen LogP contribution in [0.2, 0.25) is 0 Å². The molecule has 0 bridgehead atoms. The van der Waals surface area contributed by atoms with E-state index in [9.17, 15) is 22.8 Å². The second-order valence-electron chi connectivity index (χ2n) is 6.90. The van der Waals surface area contributed by atoms with Gasteiger partial charge in [0.1, 0.15) is 5.82 Å². The molecule has 0 aliphatic heterocycles. The number of amides is 1. The fourth-order valence-corrected chi connectivity index (χ4v) is 3.29. The molecule has 156 valence electrons. The van der Waals surface area contributed by atoms with Crippen molar-refractivity contribution in [3.05, 3.63) is 100 Å². The van der Waals surface area contributed by atoms with Gasteiger partial charge in [0.2, 0.25) is 0 Å². The summed E-state index contributed by atoms with van der Waals surface area (Å²) in [7, 11) is 0.